The molecule has 1 unspecified atom stereocenters. The molecule has 0 N–H and O–H groups in total. The van der Waals surface area contributed by atoms with Crippen LogP contribution in [0.4, 0.5) is 0 Å². The summed E-state index contributed by atoms with van der Waals surface area (Å²) in [6.45, 7) is 5.42. The van der Waals surface area contributed by atoms with Crippen molar-refractivity contribution in [3.63, 3.8) is 0 Å². The van der Waals surface area contributed by atoms with Gasteiger partial charge < -0.3 is 14.0 Å². The Bertz CT molecular complexity index is 595. The molecule has 0 rings (SSSR count). The Kier molecular flexibility index (Phi) is 21.5. The van der Waals surface area contributed by atoms with Crippen molar-refractivity contribution in [1.82, 2.24) is 0 Å². The third kappa shape index (κ3) is 15.6. The Morgan fingerprint density at radius 1 is 0.719 bits per heavy atom. The first kappa shape index (κ1) is 34.0. The Hall–Kier alpha value is -0.150. The first-order chi connectivity index (χ1) is 14.7. The van der Waals surface area contributed by atoms with E-state index in [1.54, 1.807) is 0 Å². The molecule has 0 aromatic heterocycles. The smallest absolute Gasteiger partial charge is 0.747 e. The van der Waals surface area contributed by atoms with Crippen LogP contribution in [0.5, 0.6) is 0 Å². The van der Waals surface area contributed by atoms with Crippen LogP contribution in [0.1, 0.15) is 117 Å². The summed E-state index contributed by atoms with van der Waals surface area (Å²) in [6.07, 6.45) is 13.6. The molecular formula is C23H43NaO7S. The SMILES string of the molecule is CCCCCCCCCOC(=O)CC(C)(C(=O)OCCCCCCCCC)S(=O)(=O)[O-].[Na+]. The maximum absolute atomic E-state index is 12.3. The van der Waals surface area contributed by atoms with E-state index >= 15 is 0 Å². The fourth-order valence-electron chi connectivity index (χ4n) is 3.21. The summed E-state index contributed by atoms with van der Waals surface area (Å²) in [4.78, 5) is 24.4. The Balaban J connectivity index is 0. The molecule has 0 aliphatic rings. The van der Waals surface area contributed by atoms with Gasteiger partial charge in [0.2, 0.25) is 0 Å². The normalized spacial score (nSPS) is 13.1. The molecule has 32 heavy (non-hydrogen) atoms. The molecule has 1 atom stereocenters. The molecule has 0 aromatic carbocycles. The molecule has 0 aliphatic heterocycles. The molecule has 7 nitrogen and oxygen atoms in total. The van der Waals surface area contributed by atoms with Crippen LogP contribution in [0.25, 0.3) is 0 Å². The zero-order valence-electron chi connectivity index (χ0n) is 20.8. The van der Waals surface area contributed by atoms with Crippen molar-refractivity contribution < 1.29 is 61.6 Å². The minimum atomic E-state index is -5.09. The van der Waals surface area contributed by atoms with E-state index in [1.165, 1.54) is 38.5 Å². The monoisotopic (exact) mass is 486 g/mol. The second-order valence-electron chi connectivity index (χ2n) is 8.46. The average Bonchev–Trinajstić information content (AvgIpc) is 2.70. The quantitative estimate of drug-likeness (QED) is 0.112. The van der Waals surface area contributed by atoms with Crippen LogP contribution in [-0.2, 0) is 29.2 Å². The van der Waals surface area contributed by atoms with E-state index in [4.69, 9.17) is 9.47 Å². The molecule has 0 aliphatic carbocycles. The molecule has 0 aromatic rings. The van der Waals surface area contributed by atoms with Crippen molar-refractivity contribution in [2.75, 3.05) is 13.2 Å². The summed E-state index contributed by atoms with van der Waals surface area (Å²) >= 11 is 0. The minimum absolute atomic E-state index is 0. The van der Waals surface area contributed by atoms with Crippen molar-refractivity contribution in [2.24, 2.45) is 0 Å². The number of carbonyl (C=O) groups is 2. The molecule has 0 spiro atoms. The summed E-state index contributed by atoms with van der Waals surface area (Å²) in [5, 5.41) is 0. The first-order valence-corrected chi connectivity index (χ1v) is 13.4. The molecule has 0 saturated carbocycles. The molecule has 0 saturated heterocycles. The van der Waals surface area contributed by atoms with Gasteiger partial charge in [0.15, 0.2) is 4.75 Å². The van der Waals surface area contributed by atoms with Gasteiger partial charge in [-0.05, 0) is 19.8 Å². The van der Waals surface area contributed by atoms with Gasteiger partial charge in [-0.2, -0.15) is 0 Å². The van der Waals surface area contributed by atoms with Crippen molar-refractivity contribution in [1.29, 1.82) is 0 Å². The van der Waals surface area contributed by atoms with Gasteiger partial charge in [0.25, 0.3) is 0 Å². The van der Waals surface area contributed by atoms with Gasteiger partial charge in [0.1, 0.15) is 10.1 Å². The van der Waals surface area contributed by atoms with Crippen LogP contribution in [0.2, 0.25) is 0 Å². The fourth-order valence-corrected chi connectivity index (χ4v) is 3.77. The number of hydrogen-bond acceptors (Lipinski definition) is 7. The molecule has 184 valence electrons. The number of carbonyl (C=O) groups excluding carboxylic acids is 2. The Labute approximate surface area is 217 Å². The summed E-state index contributed by atoms with van der Waals surface area (Å²) in [5.74, 6) is -2.05. The van der Waals surface area contributed by atoms with E-state index in [0.717, 1.165) is 45.4 Å². The Morgan fingerprint density at radius 2 is 1.09 bits per heavy atom. The van der Waals surface area contributed by atoms with E-state index < -0.39 is 33.2 Å². The van der Waals surface area contributed by atoms with Crippen molar-refractivity contribution in [2.45, 2.75) is 122 Å². The van der Waals surface area contributed by atoms with E-state index in [0.29, 0.717) is 12.8 Å². The van der Waals surface area contributed by atoms with Gasteiger partial charge in [-0.1, -0.05) is 90.9 Å². The molecule has 0 bridgehead atoms. The van der Waals surface area contributed by atoms with Gasteiger partial charge >= 0.3 is 41.5 Å². The first-order valence-electron chi connectivity index (χ1n) is 12.0. The standard InChI is InChI=1S/C23H44O7S.Na/c1-4-6-8-10-12-14-16-18-29-21(24)20-23(3,31(26,27)28)22(25)30-19-17-15-13-11-9-7-5-2;/h4-20H2,1-3H3,(H,26,27,28);/q;+1/p-1. The van der Waals surface area contributed by atoms with Crippen molar-refractivity contribution in [3.8, 4) is 0 Å². The van der Waals surface area contributed by atoms with Gasteiger partial charge in [-0.15, -0.1) is 0 Å². The summed E-state index contributed by atoms with van der Waals surface area (Å²) < 4.78 is 42.7. The third-order valence-electron chi connectivity index (χ3n) is 5.46. The number of rotatable bonds is 20. The number of ether oxygens (including phenoxy) is 2. The van der Waals surface area contributed by atoms with E-state index in [-0.39, 0.29) is 42.8 Å². The minimum Gasteiger partial charge on any atom is -0.747 e. The molecule has 0 fully saturated rings. The van der Waals surface area contributed by atoms with Crippen LogP contribution in [-0.4, -0.2) is 42.9 Å². The summed E-state index contributed by atoms with van der Waals surface area (Å²) in [6, 6.07) is 0. The summed E-state index contributed by atoms with van der Waals surface area (Å²) in [7, 11) is -5.09. The number of unbranched alkanes of at least 4 members (excludes halogenated alkanes) is 12. The maximum Gasteiger partial charge on any atom is 1.00 e. The molecule has 0 radical (unpaired) electrons. The zero-order valence-corrected chi connectivity index (χ0v) is 23.6. The van der Waals surface area contributed by atoms with Gasteiger partial charge in [0, 0.05) is 0 Å². The number of hydrogen-bond donors (Lipinski definition) is 0. The molecule has 0 amide bonds. The topological polar surface area (TPSA) is 110 Å². The van der Waals surface area contributed by atoms with Crippen LogP contribution >= 0.6 is 0 Å². The van der Waals surface area contributed by atoms with Crippen LogP contribution in [0, 0.1) is 0 Å². The summed E-state index contributed by atoms with van der Waals surface area (Å²) in [5.41, 5.74) is 0. The second kappa shape index (κ2) is 20.2. The van der Waals surface area contributed by atoms with E-state index in [2.05, 4.69) is 13.8 Å². The van der Waals surface area contributed by atoms with Gasteiger partial charge in [-0.3, -0.25) is 9.59 Å². The fraction of sp³-hybridized carbons (Fsp3) is 0.913. The largest absolute Gasteiger partial charge is 1.00 e. The number of esters is 2. The maximum atomic E-state index is 12.3. The predicted octanol–water partition coefficient (Wildman–Crippen LogP) is 2.27. The second-order valence-corrected chi connectivity index (χ2v) is 10.3. The molecular weight excluding hydrogens is 443 g/mol. The zero-order chi connectivity index (χ0) is 23.6. The van der Waals surface area contributed by atoms with Crippen molar-refractivity contribution >= 4 is 22.1 Å². The van der Waals surface area contributed by atoms with E-state index in [1.807, 2.05) is 0 Å². The molecule has 9 heteroatoms. The Morgan fingerprint density at radius 3 is 1.50 bits per heavy atom. The molecule has 0 heterocycles. The van der Waals surface area contributed by atoms with Gasteiger partial charge in [-0.25, -0.2) is 8.42 Å². The van der Waals surface area contributed by atoms with Crippen LogP contribution < -0.4 is 29.6 Å². The third-order valence-corrected chi connectivity index (χ3v) is 6.87. The van der Waals surface area contributed by atoms with Crippen LogP contribution in [0.15, 0.2) is 0 Å². The van der Waals surface area contributed by atoms with Crippen LogP contribution in [0.3, 0.4) is 0 Å². The van der Waals surface area contributed by atoms with Gasteiger partial charge in [0.05, 0.1) is 19.6 Å². The average molecular weight is 487 g/mol. The predicted molar refractivity (Wildman–Crippen MR) is 121 cm³/mol. The van der Waals surface area contributed by atoms with E-state index in [9.17, 15) is 22.6 Å². The van der Waals surface area contributed by atoms with Crippen molar-refractivity contribution in [3.05, 3.63) is 0 Å².